The molecule has 0 saturated heterocycles. The van der Waals surface area contributed by atoms with Gasteiger partial charge < -0.3 is 10.6 Å². The Kier molecular flexibility index (Phi) is 6.54. The van der Waals surface area contributed by atoms with E-state index in [0.29, 0.717) is 0 Å². The molecule has 4 nitrogen and oxygen atoms in total. The minimum absolute atomic E-state index is 0.116. The lowest BCUT2D eigenvalue weighted by molar-refractivity contribution is -0.173. The van der Waals surface area contributed by atoms with Crippen molar-refractivity contribution in [2.24, 2.45) is 0 Å². The molecule has 0 radical (unpaired) electrons. The van der Waals surface area contributed by atoms with Crippen molar-refractivity contribution in [1.29, 1.82) is 0 Å². The van der Waals surface area contributed by atoms with E-state index in [1.165, 1.54) is 6.42 Å². The van der Waals surface area contributed by atoms with Crippen molar-refractivity contribution in [3.8, 4) is 0 Å². The van der Waals surface area contributed by atoms with Gasteiger partial charge in [-0.3, -0.25) is 9.59 Å². The number of carbonyl (C=O) groups excluding carboxylic acids is 2. The molecule has 1 aliphatic rings. The van der Waals surface area contributed by atoms with Crippen molar-refractivity contribution >= 4 is 11.8 Å². The zero-order chi connectivity index (χ0) is 15.0. The fourth-order valence-corrected chi connectivity index (χ4v) is 1.99. The van der Waals surface area contributed by atoms with Gasteiger partial charge in [-0.1, -0.05) is 12.0 Å². The Morgan fingerprint density at radius 1 is 1.05 bits per heavy atom. The summed E-state index contributed by atoms with van der Waals surface area (Å²) in [6, 6.07) is 0. The maximum absolute atomic E-state index is 11.9. The first-order valence-corrected chi connectivity index (χ1v) is 6.72. The van der Waals surface area contributed by atoms with Gasteiger partial charge in [-0.15, -0.1) is 0 Å². The molecule has 1 saturated carbocycles. The molecule has 1 fully saturated rings. The highest BCUT2D eigenvalue weighted by Gasteiger charge is 2.38. The molecular weight excluding hydrogens is 273 g/mol. The topological polar surface area (TPSA) is 58.2 Å². The fourth-order valence-electron chi connectivity index (χ4n) is 1.99. The number of carbonyl (C=O) groups is 2. The van der Waals surface area contributed by atoms with Gasteiger partial charge in [0.25, 0.3) is 0 Å². The summed E-state index contributed by atoms with van der Waals surface area (Å²) in [4.78, 5) is 22.0. The summed E-state index contributed by atoms with van der Waals surface area (Å²) in [7, 11) is 0. The molecular formula is C13H19F3N2O2. The molecule has 114 valence electrons. The first-order chi connectivity index (χ1) is 9.39. The third-order valence-electron chi connectivity index (χ3n) is 3.03. The second kappa shape index (κ2) is 7.91. The van der Waals surface area contributed by atoms with Crippen molar-refractivity contribution in [3.05, 3.63) is 11.6 Å². The molecule has 2 N–H and O–H groups in total. The SMILES string of the molecule is O=C(C=C1CCCCC1)NCCCNC(=O)C(F)(F)F. The van der Waals surface area contributed by atoms with Gasteiger partial charge in [0.05, 0.1) is 0 Å². The van der Waals surface area contributed by atoms with Crippen LogP contribution in [-0.4, -0.2) is 31.1 Å². The first-order valence-electron chi connectivity index (χ1n) is 6.72. The summed E-state index contributed by atoms with van der Waals surface area (Å²) in [5.74, 6) is -2.17. The van der Waals surface area contributed by atoms with Crippen molar-refractivity contribution in [2.45, 2.75) is 44.7 Å². The van der Waals surface area contributed by atoms with Crippen LogP contribution in [0.1, 0.15) is 38.5 Å². The van der Waals surface area contributed by atoms with Crippen LogP contribution in [0.25, 0.3) is 0 Å². The molecule has 0 heterocycles. The molecule has 0 aromatic carbocycles. The molecule has 0 aliphatic heterocycles. The average molecular weight is 292 g/mol. The van der Waals surface area contributed by atoms with E-state index in [2.05, 4.69) is 5.32 Å². The lowest BCUT2D eigenvalue weighted by Crippen LogP contribution is -2.38. The summed E-state index contributed by atoms with van der Waals surface area (Å²) in [5, 5.41) is 4.34. The number of allylic oxidation sites excluding steroid dienone is 1. The molecule has 2 amide bonds. The number of hydrogen-bond donors (Lipinski definition) is 2. The van der Waals surface area contributed by atoms with Crippen LogP contribution in [0.15, 0.2) is 11.6 Å². The summed E-state index contributed by atoms with van der Waals surface area (Å²) in [6.45, 7) is 0.121. The summed E-state index contributed by atoms with van der Waals surface area (Å²) >= 11 is 0. The van der Waals surface area contributed by atoms with Gasteiger partial charge in [-0.2, -0.15) is 13.2 Å². The van der Waals surface area contributed by atoms with Gasteiger partial charge in [0.2, 0.25) is 5.91 Å². The summed E-state index contributed by atoms with van der Waals surface area (Å²) in [5.41, 5.74) is 1.12. The number of halogens is 3. The van der Waals surface area contributed by atoms with E-state index in [4.69, 9.17) is 0 Å². The van der Waals surface area contributed by atoms with Gasteiger partial charge >= 0.3 is 12.1 Å². The van der Waals surface area contributed by atoms with Gasteiger partial charge in [0, 0.05) is 19.2 Å². The number of rotatable bonds is 5. The Balaban J connectivity index is 2.12. The van der Waals surface area contributed by atoms with Crippen LogP contribution in [0.3, 0.4) is 0 Å². The highest BCUT2D eigenvalue weighted by Crippen LogP contribution is 2.22. The Labute approximate surface area is 115 Å². The molecule has 0 aromatic heterocycles. The van der Waals surface area contributed by atoms with E-state index in [1.54, 1.807) is 11.4 Å². The quantitative estimate of drug-likeness (QED) is 0.602. The van der Waals surface area contributed by atoms with Crippen LogP contribution in [0, 0.1) is 0 Å². The standard InChI is InChI=1S/C13H19F3N2O2/c14-13(15,16)12(20)18-8-4-7-17-11(19)9-10-5-2-1-3-6-10/h9H,1-8H2,(H,17,19)(H,18,20). The minimum Gasteiger partial charge on any atom is -0.352 e. The summed E-state index contributed by atoms with van der Waals surface area (Å²) in [6.07, 6.45) is 2.26. The van der Waals surface area contributed by atoms with Crippen LogP contribution in [0.5, 0.6) is 0 Å². The molecule has 7 heteroatoms. The van der Waals surface area contributed by atoms with Crippen LogP contribution in [0.2, 0.25) is 0 Å². The van der Waals surface area contributed by atoms with Gasteiger partial charge in [0.1, 0.15) is 0 Å². The van der Waals surface area contributed by atoms with E-state index >= 15 is 0 Å². The molecule has 0 spiro atoms. The van der Waals surface area contributed by atoms with E-state index in [9.17, 15) is 22.8 Å². The second-order valence-electron chi connectivity index (χ2n) is 4.76. The zero-order valence-corrected chi connectivity index (χ0v) is 11.2. The van der Waals surface area contributed by atoms with Crippen LogP contribution >= 0.6 is 0 Å². The van der Waals surface area contributed by atoms with Gasteiger partial charge in [-0.25, -0.2) is 0 Å². The lowest BCUT2D eigenvalue weighted by Gasteiger charge is -2.13. The highest BCUT2D eigenvalue weighted by atomic mass is 19.4. The monoisotopic (exact) mass is 292 g/mol. The molecule has 0 bridgehead atoms. The Morgan fingerprint density at radius 2 is 1.65 bits per heavy atom. The molecule has 1 aliphatic carbocycles. The van der Waals surface area contributed by atoms with Crippen molar-refractivity contribution < 1.29 is 22.8 Å². The maximum Gasteiger partial charge on any atom is 0.471 e. The van der Waals surface area contributed by atoms with Gasteiger partial charge in [-0.05, 0) is 32.1 Å². The predicted octanol–water partition coefficient (Wildman–Crippen LogP) is 2.06. The fraction of sp³-hybridized carbons (Fsp3) is 0.692. The molecule has 0 unspecified atom stereocenters. The normalized spacial score (nSPS) is 15.7. The van der Waals surface area contributed by atoms with E-state index in [0.717, 1.165) is 31.3 Å². The van der Waals surface area contributed by atoms with E-state index < -0.39 is 12.1 Å². The minimum atomic E-state index is -4.85. The third kappa shape index (κ3) is 6.58. The molecule has 20 heavy (non-hydrogen) atoms. The first kappa shape index (κ1) is 16.5. The Bertz CT molecular complexity index is 370. The van der Waals surface area contributed by atoms with Gasteiger partial charge in [0.15, 0.2) is 0 Å². The molecule has 0 atom stereocenters. The number of alkyl halides is 3. The third-order valence-corrected chi connectivity index (χ3v) is 3.03. The Morgan fingerprint density at radius 3 is 2.25 bits per heavy atom. The van der Waals surface area contributed by atoms with Crippen molar-refractivity contribution in [3.63, 3.8) is 0 Å². The second-order valence-corrected chi connectivity index (χ2v) is 4.76. The smallest absolute Gasteiger partial charge is 0.352 e. The predicted molar refractivity (Wildman–Crippen MR) is 67.9 cm³/mol. The van der Waals surface area contributed by atoms with Crippen molar-refractivity contribution in [2.75, 3.05) is 13.1 Å². The molecule has 0 aromatic rings. The summed E-state index contributed by atoms with van der Waals surface area (Å²) < 4.78 is 35.6. The van der Waals surface area contributed by atoms with E-state index in [1.807, 2.05) is 0 Å². The largest absolute Gasteiger partial charge is 0.471 e. The number of amides is 2. The van der Waals surface area contributed by atoms with Crippen LogP contribution in [0.4, 0.5) is 13.2 Å². The van der Waals surface area contributed by atoms with E-state index in [-0.39, 0.29) is 25.4 Å². The van der Waals surface area contributed by atoms with Crippen LogP contribution in [-0.2, 0) is 9.59 Å². The number of nitrogens with one attached hydrogen (secondary N) is 2. The lowest BCUT2D eigenvalue weighted by atomic mass is 9.95. The van der Waals surface area contributed by atoms with Crippen molar-refractivity contribution in [1.82, 2.24) is 10.6 Å². The zero-order valence-electron chi connectivity index (χ0n) is 11.2. The highest BCUT2D eigenvalue weighted by molar-refractivity contribution is 5.88. The Hall–Kier alpha value is -1.53. The average Bonchev–Trinajstić information content (AvgIpc) is 2.38. The van der Waals surface area contributed by atoms with Crippen LogP contribution < -0.4 is 10.6 Å². The maximum atomic E-state index is 11.9. The molecule has 1 rings (SSSR count). The number of hydrogen-bond acceptors (Lipinski definition) is 2.